The highest BCUT2D eigenvalue weighted by Gasteiger charge is 2.29. The number of para-hydroxylation sites is 1. The van der Waals surface area contributed by atoms with Crippen molar-refractivity contribution in [1.82, 2.24) is 35.4 Å². The fourth-order valence-corrected chi connectivity index (χ4v) is 4.85. The van der Waals surface area contributed by atoms with Gasteiger partial charge >= 0.3 is 5.97 Å². The molecule has 0 aliphatic heterocycles. The van der Waals surface area contributed by atoms with E-state index in [4.69, 9.17) is 4.52 Å². The molecule has 1 aliphatic rings. The maximum Gasteiger partial charge on any atom is 0.306 e. The number of benzene rings is 2. The lowest BCUT2D eigenvalue weighted by Gasteiger charge is -2.12. The monoisotopic (exact) mass is 525 g/mol. The minimum atomic E-state index is -0.717. The van der Waals surface area contributed by atoms with Gasteiger partial charge in [-0.1, -0.05) is 46.8 Å². The molecule has 10 nitrogen and oxygen atoms in total. The van der Waals surface area contributed by atoms with Gasteiger partial charge in [0.1, 0.15) is 17.2 Å². The van der Waals surface area contributed by atoms with Crippen molar-refractivity contribution in [3.8, 4) is 39.9 Å². The number of rotatable bonds is 8. The molecule has 11 heteroatoms. The summed E-state index contributed by atoms with van der Waals surface area (Å²) in [6.45, 7) is 0.642. The average Bonchev–Trinajstić information content (AvgIpc) is 3.73. The Labute approximate surface area is 222 Å². The largest absolute Gasteiger partial charge is 0.481 e. The third-order valence-corrected chi connectivity index (χ3v) is 6.92. The number of halogens is 1. The number of hydrogen-bond donors (Lipinski definition) is 2. The van der Waals surface area contributed by atoms with Gasteiger partial charge in [-0.25, -0.2) is 9.07 Å². The molecule has 3 heterocycles. The number of pyridine rings is 1. The summed E-state index contributed by atoms with van der Waals surface area (Å²) in [6.07, 6.45) is 5.49. The molecule has 6 rings (SSSR count). The van der Waals surface area contributed by atoms with Gasteiger partial charge in [-0.05, 0) is 49.1 Å². The van der Waals surface area contributed by atoms with Crippen LogP contribution >= 0.6 is 0 Å². The third kappa shape index (κ3) is 5.04. The van der Waals surface area contributed by atoms with Crippen LogP contribution in [0.25, 0.3) is 39.9 Å². The molecule has 1 aliphatic carbocycles. The number of aromatic nitrogens is 6. The predicted octanol–water partition coefficient (Wildman–Crippen LogP) is 4.53. The summed E-state index contributed by atoms with van der Waals surface area (Å²) in [7, 11) is 0. The molecule has 1 fully saturated rings. The molecule has 3 aromatic heterocycles. The zero-order valence-corrected chi connectivity index (χ0v) is 20.7. The van der Waals surface area contributed by atoms with Gasteiger partial charge in [-0.2, -0.15) is 4.98 Å². The summed E-state index contributed by atoms with van der Waals surface area (Å²) in [5, 5.41) is 25.2. The lowest BCUT2D eigenvalue weighted by Crippen LogP contribution is -2.26. The smallest absolute Gasteiger partial charge is 0.306 e. The molecule has 0 radical (unpaired) electrons. The van der Waals surface area contributed by atoms with Crippen LogP contribution in [-0.2, 0) is 11.3 Å². The fraction of sp³-hybridized carbons (Fsp3) is 0.214. The Hall–Kier alpha value is -4.77. The lowest BCUT2D eigenvalue weighted by atomic mass is 10.1. The summed E-state index contributed by atoms with van der Waals surface area (Å²) in [4.78, 5) is 19.8. The van der Waals surface area contributed by atoms with Crippen LogP contribution in [0, 0.1) is 11.7 Å². The predicted molar refractivity (Wildman–Crippen MR) is 139 cm³/mol. The van der Waals surface area contributed by atoms with Crippen LogP contribution in [0.3, 0.4) is 0 Å². The molecular weight excluding hydrogens is 501 g/mol. The first-order valence-electron chi connectivity index (χ1n) is 12.6. The first-order valence-corrected chi connectivity index (χ1v) is 12.6. The minimum absolute atomic E-state index is 0.152. The number of carboxylic acid groups (broad SMARTS) is 1. The number of hydrogen-bond acceptors (Lipinski definition) is 8. The Morgan fingerprint density at radius 2 is 1.85 bits per heavy atom. The van der Waals surface area contributed by atoms with E-state index in [-0.39, 0.29) is 23.5 Å². The summed E-state index contributed by atoms with van der Waals surface area (Å²) in [5.74, 6) is -0.889. The molecule has 0 amide bonds. The van der Waals surface area contributed by atoms with E-state index in [9.17, 15) is 14.3 Å². The van der Waals surface area contributed by atoms with E-state index in [0.29, 0.717) is 42.2 Å². The van der Waals surface area contributed by atoms with Gasteiger partial charge in [0.2, 0.25) is 5.82 Å². The standard InChI is InChI=1S/C28H24FN7O3/c29-22-3-1-2-4-23(22)36-25(18-11-13-30-14-12-18)24(33-35-36)27-32-26(34-39-27)19-7-5-17(6-8-19)16-31-21-10-9-20(15-21)28(37)38/h1-8,11-14,20-21,31H,9-10,15-16H2,(H,37,38)/t20-,21+/m0/s1. The first-order chi connectivity index (χ1) is 19.1. The van der Waals surface area contributed by atoms with Crippen LogP contribution in [-0.4, -0.2) is 47.2 Å². The van der Waals surface area contributed by atoms with E-state index >= 15 is 0 Å². The van der Waals surface area contributed by atoms with Gasteiger partial charge in [0.25, 0.3) is 5.89 Å². The van der Waals surface area contributed by atoms with Crippen LogP contribution < -0.4 is 5.32 Å². The minimum Gasteiger partial charge on any atom is -0.481 e. The quantitative estimate of drug-likeness (QED) is 0.300. The second-order valence-corrected chi connectivity index (χ2v) is 9.43. The van der Waals surface area contributed by atoms with Gasteiger partial charge in [-0.15, -0.1) is 5.10 Å². The molecular formula is C28H24FN7O3. The maximum atomic E-state index is 14.7. The first kappa shape index (κ1) is 24.6. The Kier molecular flexibility index (Phi) is 6.64. The molecule has 0 saturated heterocycles. The van der Waals surface area contributed by atoms with E-state index in [2.05, 4.69) is 30.8 Å². The molecule has 39 heavy (non-hydrogen) atoms. The number of carboxylic acids is 1. The Morgan fingerprint density at radius 1 is 1.05 bits per heavy atom. The van der Waals surface area contributed by atoms with Crippen molar-refractivity contribution in [2.24, 2.45) is 5.92 Å². The molecule has 2 atom stereocenters. The molecule has 2 N–H and O–H groups in total. The molecule has 196 valence electrons. The van der Waals surface area contributed by atoms with Crippen molar-refractivity contribution in [2.75, 3.05) is 0 Å². The van der Waals surface area contributed by atoms with Crippen LogP contribution in [0.1, 0.15) is 24.8 Å². The SMILES string of the molecule is O=C(O)[C@H]1CC[C@@H](NCc2ccc(-c3noc(-c4nnn(-c5ccccc5F)c4-c4ccncc4)n3)cc2)C1. The van der Waals surface area contributed by atoms with Gasteiger partial charge < -0.3 is 14.9 Å². The van der Waals surface area contributed by atoms with Crippen LogP contribution in [0.4, 0.5) is 4.39 Å². The number of nitrogens with one attached hydrogen (secondary N) is 1. The zero-order chi connectivity index (χ0) is 26.8. The van der Waals surface area contributed by atoms with Crippen LogP contribution in [0.15, 0.2) is 77.6 Å². The molecule has 2 aromatic carbocycles. The summed E-state index contributed by atoms with van der Waals surface area (Å²) >= 11 is 0. The third-order valence-electron chi connectivity index (χ3n) is 6.92. The second kappa shape index (κ2) is 10.5. The lowest BCUT2D eigenvalue weighted by molar-refractivity contribution is -0.141. The fourth-order valence-electron chi connectivity index (χ4n) is 4.85. The van der Waals surface area contributed by atoms with Gasteiger partial charge in [0, 0.05) is 36.1 Å². The number of aliphatic carboxylic acids is 1. The van der Waals surface area contributed by atoms with Crippen molar-refractivity contribution in [3.05, 3.63) is 84.4 Å². The van der Waals surface area contributed by atoms with E-state index in [1.165, 1.54) is 10.7 Å². The maximum absolute atomic E-state index is 14.7. The van der Waals surface area contributed by atoms with Crippen molar-refractivity contribution in [2.45, 2.75) is 31.8 Å². The molecule has 0 unspecified atom stereocenters. The van der Waals surface area contributed by atoms with Crippen molar-refractivity contribution >= 4 is 5.97 Å². The van der Waals surface area contributed by atoms with Crippen molar-refractivity contribution in [3.63, 3.8) is 0 Å². The highest BCUT2D eigenvalue weighted by Crippen LogP contribution is 2.33. The van der Waals surface area contributed by atoms with Crippen molar-refractivity contribution < 1.29 is 18.8 Å². The number of carbonyl (C=O) groups is 1. The Morgan fingerprint density at radius 3 is 2.59 bits per heavy atom. The average molecular weight is 526 g/mol. The normalized spacial score (nSPS) is 16.9. The second-order valence-electron chi connectivity index (χ2n) is 9.43. The molecule has 0 spiro atoms. The highest BCUT2D eigenvalue weighted by atomic mass is 19.1. The topological polar surface area (TPSA) is 132 Å². The van der Waals surface area contributed by atoms with E-state index in [1.807, 2.05) is 24.3 Å². The van der Waals surface area contributed by atoms with Gasteiger partial charge in [0.05, 0.1) is 5.92 Å². The summed E-state index contributed by atoms with van der Waals surface area (Å²) in [5.41, 5.74) is 3.59. The molecule has 0 bridgehead atoms. The van der Waals surface area contributed by atoms with Crippen LogP contribution in [0.5, 0.6) is 0 Å². The Balaban J connectivity index is 1.24. The van der Waals surface area contributed by atoms with Crippen molar-refractivity contribution in [1.29, 1.82) is 0 Å². The molecule has 5 aromatic rings. The van der Waals surface area contributed by atoms with Gasteiger partial charge in [0.15, 0.2) is 5.69 Å². The van der Waals surface area contributed by atoms with Crippen LogP contribution in [0.2, 0.25) is 0 Å². The highest BCUT2D eigenvalue weighted by molar-refractivity contribution is 5.76. The molecule has 1 saturated carbocycles. The summed E-state index contributed by atoms with van der Waals surface area (Å²) < 4.78 is 21.6. The van der Waals surface area contributed by atoms with E-state index in [0.717, 1.165) is 17.5 Å². The Bertz CT molecular complexity index is 1600. The van der Waals surface area contributed by atoms with Gasteiger partial charge in [-0.3, -0.25) is 9.78 Å². The summed E-state index contributed by atoms with van der Waals surface area (Å²) in [6, 6.07) is 17.8. The zero-order valence-electron chi connectivity index (χ0n) is 20.7. The van der Waals surface area contributed by atoms with E-state index < -0.39 is 11.8 Å². The van der Waals surface area contributed by atoms with E-state index in [1.54, 1.807) is 42.7 Å². The number of nitrogens with zero attached hydrogens (tertiary/aromatic N) is 6.